The molecule has 1 aromatic carbocycles. The van der Waals surface area contributed by atoms with Crippen LogP contribution in [0.4, 0.5) is 5.82 Å². The van der Waals surface area contributed by atoms with Crippen LogP contribution in [0.2, 0.25) is 0 Å². The normalized spacial score (nSPS) is 22.8. The number of ether oxygens (including phenoxy) is 1. The fourth-order valence-corrected chi connectivity index (χ4v) is 4.60. The maximum absolute atomic E-state index is 5.29. The molecule has 5 nitrogen and oxygen atoms in total. The molecule has 150 valence electrons. The lowest BCUT2D eigenvalue weighted by atomic mass is 9.94. The fraction of sp³-hybridized carbons (Fsp3) is 0.522. The first kappa shape index (κ1) is 19.2. The maximum atomic E-state index is 5.29. The summed E-state index contributed by atoms with van der Waals surface area (Å²) in [5, 5.41) is 0. The Morgan fingerprint density at radius 3 is 2.43 bits per heavy atom. The van der Waals surface area contributed by atoms with E-state index in [4.69, 9.17) is 4.74 Å². The van der Waals surface area contributed by atoms with E-state index in [1.807, 2.05) is 20.3 Å². The van der Waals surface area contributed by atoms with Crippen molar-refractivity contribution >= 4 is 5.82 Å². The molecule has 3 fully saturated rings. The summed E-state index contributed by atoms with van der Waals surface area (Å²) >= 11 is 0. The van der Waals surface area contributed by atoms with Crippen molar-refractivity contribution in [2.45, 2.75) is 32.0 Å². The van der Waals surface area contributed by atoms with E-state index in [0.717, 1.165) is 37.1 Å². The van der Waals surface area contributed by atoms with Crippen molar-refractivity contribution in [1.29, 1.82) is 0 Å². The Morgan fingerprint density at radius 1 is 0.964 bits per heavy atom. The topological polar surface area (TPSA) is 31.8 Å². The quantitative estimate of drug-likeness (QED) is 0.768. The number of pyridine rings is 1. The van der Waals surface area contributed by atoms with E-state index in [-0.39, 0.29) is 0 Å². The summed E-state index contributed by atoms with van der Waals surface area (Å²) in [4.78, 5) is 12.0. The van der Waals surface area contributed by atoms with Crippen LogP contribution in [0.1, 0.15) is 24.0 Å². The van der Waals surface area contributed by atoms with Gasteiger partial charge in [-0.2, -0.15) is 0 Å². The molecule has 2 atom stereocenters. The van der Waals surface area contributed by atoms with E-state index < -0.39 is 0 Å². The third-order valence-electron chi connectivity index (χ3n) is 6.12. The largest absolute Gasteiger partial charge is 0.497 e. The molecule has 0 saturated carbocycles. The molecule has 2 bridgehead atoms. The lowest BCUT2D eigenvalue weighted by molar-refractivity contribution is 0.123. The van der Waals surface area contributed by atoms with Crippen LogP contribution in [0.25, 0.3) is 0 Å². The minimum atomic E-state index is 0.644. The summed E-state index contributed by atoms with van der Waals surface area (Å²) in [6.45, 7) is 5.62. The minimum absolute atomic E-state index is 0.644. The predicted molar refractivity (Wildman–Crippen MR) is 114 cm³/mol. The van der Waals surface area contributed by atoms with Crippen molar-refractivity contribution in [1.82, 2.24) is 14.8 Å². The number of anilines is 1. The third kappa shape index (κ3) is 4.47. The van der Waals surface area contributed by atoms with Gasteiger partial charge in [-0.1, -0.05) is 18.2 Å². The SMILES string of the molecule is COc1ccc(CN2C[C@@H]3CC[C@H](C2)N(Cc2ccc(N(C)C)nc2)C3)cc1. The molecule has 3 saturated heterocycles. The van der Waals surface area contributed by atoms with Crippen molar-refractivity contribution in [3.8, 4) is 5.75 Å². The molecule has 1 aromatic heterocycles. The number of hydrogen-bond donors (Lipinski definition) is 0. The molecule has 5 rings (SSSR count). The van der Waals surface area contributed by atoms with Gasteiger partial charge < -0.3 is 9.64 Å². The van der Waals surface area contributed by atoms with Gasteiger partial charge in [0, 0.05) is 59.1 Å². The molecule has 28 heavy (non-hydrogen) atoms. The molecular weight excluding hydrogens is 348 g/mol. The zero-order valence-electron chi connectivity index (χ0n) is 17.3. The summed E-state index contributed by atoms with van der Waals surface area (Å²) in [5.41, 5.74) is 2.69. The summed E-state index contributed by atoms with van der Waals surface area (Å²) in [7, 11) is 5.79. The van der Waals surface area contributed by atoms with Crippen LogP contribution >= 0.6 is 0 Å². The predicted octanol–water partition coefficient (Wildman–Crippen LogP) is 3.25. The monoisotopic (exact) mass is 380 g/mol. The Bertz CT molecular complexity index is 759. The van der Waals surface area contributed by atoms with Crippen molar-refractivity contribution in [3.63, 3.8) is 0 Å². The lowest BCUT2D eigenvalue weighted by Crippen LogP contribution is -2.43. The number of piperidine rings is 1. The van der Waals surface area contributed by atoms with Gasteiger partial charge in [0.15, 0.2) is 0 Å². The fourth-order valence-electron chi connectivity index (χ4n) is 4.60. The Labute approximate surface area is 168 Å². The molecule has 0 amide bonds. The van der Waals surface area contributed by atoms with Crippen LogP contribution in [-0.4, -0.2) is 61.7 Å². The van der Waals surface area contributed by atoms with Gasteiger partial charge >= 0.3 is 0 Å². The highest BCUT2D eigenvalue weighted by molar-refractivity contribution is 5.37. The van der Waals surface area contributed by atoms with Crippen molar-refractivity contribution in [2.24, 2.45) is 5.92 Å². The lowest BCUT2D eigenvalue weighted by Gasteiger charge is -2.36. The second-order valence-electron chi connectivity index (χ2n) is 8.49. The van der Waals surface area contributed by atoms with E-state index in [0.29, 0.717) is 6.04 Å². The molecule has 3 aliphatic rings. The van der Waals surface area contributed by atoms with Gasteiger partial charge in [-0.3, -0.25) is 9.80 Å². The first-order valence-corrected chi connectivity index (χ1v) is 10.3. The van der Waals surface area contributed by atoms with E-state index in [1.54, 1.807) is 7.11 Å². The highest BCUT2D eigenvalue weighted by Crippen LogP contribution is 2.30. The number of aromatic nitrogens is 1. The Hall–Kier alpha value is -2.11. The van der Waals surface area contributed by atoms with Gasteiger partial charge in [0.2, 0.25) is 0 Å². The second kappa shape index (κ2) is 8.50. The summed E-state index contributed by atoms with van der Waals surface area (Å²) in [6.07, 6.45) is 4.72. The van der Waals surface area contributed by atoms with Crippen LogP contribution in [0, 0.1) is 5.92 Å². The molecule has 5 heteroatoms. The van der Waals surface area contributed by atoms with E-state index in [2.05, 4.69) is 56.1 Å². The van der Waals surface area contributed by atoms with E-state index in [1.165, 1.54) is 37.1 Å². The van der Waals surface area contributed by atoms with Crippen LogP contribution in [0.3, 0.4) is 0 Å². The van der Waals surface area contributed by atoms with Crippen LogP contribution in [0.15, 0.2) is 42.6 Å². The highest BCUT2D eigenvalue weighted by Gasteiger charge is 2.34. The molecule has 0 unspecified atom stereocenters. The first-order valence-electron chi connectivity index (χ1n) is 10.3. The second-order valence-corrected chi connectivity index (χ2v) is 8.49. The molecule has 0 aliphatic carbocycles. The summed E-state index contributed by atoms with van der Waals surface area (Å²) in [6, 6.07) is 13.5. The standard InChI is InChI=1S/C23H32N4O/c1-25(2)23-11-7-19(12-24-23)15-27-16-20-4-8-21(27)17-26(14-20)13-18-5-9-22(28-3)10-6-18/h5-7,9-12,20-21H,4,8,13-17H2,1-3H3/t20-,21+/m0/s1. The summed E-state index contributed by atoms with van der Waals surface area (Å²) in [5.74, 6) is 2.72. The van der Waals surface area contributed by atoms with E-state index in [9.17, 15) is 0 Å². The van der Waals surface area contributed by atoms with Crippen molar-refractivity contribution < 1.29 is 4.74 Å². The molecule has 0 spiro atoms. The first-order chi connectivity index (χ1) is 13.6. The number of rotatable bonds is 6. The molecule has 2 aromatic rings. The molecule has 0 N–H and O–H groups in total. The van der Waals surface area contributed by atoms with Crippen LogP contribution in [0.5, 0.6) is 5.75 Å². The number of hydrogen-bond acceptors (Lipinski definition) is 5. The third-order valence-corrected chi connectivity index (χ3v) is 6.12. The average molecular weight is 381 g/mol. The zero-order valence-corrected chi connectivity index (χ0v) is 17.3. The number of nitrogens with zero attached hydrogens (tertiary/aromatic N) is 4. The minimum Gasteiger partial charge on any atom is -0.497 e. The smallest absolute Gasteiger partial charge is 0.127 e. The number of fused-ring (bicyclic) bond motifs is 4. The zero-order chi connectivity index (χ0) is 19.5. The van der Waals surface area contributed by atoms with Gasteiger partial charge in [0.25, 0.3) is 0 Å². The maximum Gasteiger partial charge on any atom is 0.127 e. The van der Waals surface area contributed by atoms with Gasteiger partial charge in [-0.15, -0.1) is 0 Å². The number of benzene rings is 1. The molecule has 4 heterocycles. The van der Waals surface area contributed by atoms with Crippen molar-refractivity contribution in [3.05, 3.63) is 53.7 Å². The molecule has 3 aliphatic heterocycles. The molecule has 0 radical (unpaired) electrons. The van der Waals surface area contributed by atoms with Gasteiger partial charge in [0.05, 0.1) is 7.11 Å². The Kier molecular flexibility index (Phi) is 5.83. The number of methoxy groups -OCH3 is 1. The van der Waals surface area contributed by atoms with Crippen molar-refractivity contribution in [2.75, 3.05) is 45.7 Å². The Morgan fingerprint density at radius 2 is 1.75 bits per heavy atom. The van der Waals surface area contributed by atoms with Gasteiger partial charge in [-0.25, -0.2) is 4.98 Å². The average Bonchev–Trinajstić information content (AvgIpc) is 2.99. The van der Waals surface area contributed by atoms with Gasteiger partial charge in [-0.05, 0) is 48.1 Å². The van der Waals surface area contributed by atoms with Crippen LogP contribution < -0.4 is 9.64 Å². The van der Waals surface area contributed by atoms with Gasteiger partial charge in [0.1, 0.15) is 11.6 Å². The Balaban J connectivity index is 1.39. The highest BCUT2D eigenvalue weighted by atomic mass is 16.5. The van der Waals surface area contributed by atoms with E-state index >= 15 is 0 Å². The molecular formula is C23H32N4O. The summed E-state index contributed by atoms with van der Waals surface area (Å²) < 4.78 is 5.29. The van der Waals surface area contributed by atoms with Crippen LogP contribution in [-0.2, 0) is 13.1 Å².